The van der Waals surface area contributed by atoms with Crippen molar-refractivity contribution in [1.29, 1.82) is 0 Å². The first kappa shape index (κ1) is 9.08. The van der Waals surface area contributed by atoms with Gasteiger partial charge in [-0.05, 0) is 0 Å². The Kier molecular flexibility index (Phi) is 20.0. The van der Waals surface area contributed by atoms with E-state index in [1.165, 1.54) is 0 Å². The summed E-state index contributed by atoms with van der Waals surface area (Å²) in [5.41, 5.74) is 0. The quantitative estimate of drug-likeness (QED) is 0.507. The maximum absolute atomic E-state index is 7.45. The topological polar surface area (TPSA) is 20.2 Å². The molecule has 0 aromatic carbocycles. The predicted octanol–water partition coefficient (Wildman–Crippen LogP) is -0.565. The van der Waals surface area contributed by atoms with Crippen molar-refractivity contribution >= 4 is 0 Å². The Bertz CT molecular complexity index is 8.00. The van der Waals surface area contributed by atoms with Crippen LogP contribution in [0.4, 0.5) is 0 Å². The first-order chi connectivity index (χ1) is 1.41. The Labute approximate surface area is 48.2 Å². The average molecular weight is 190 g/mol. The van der Waals surface area contributed by atoms with Crippen LogP contribution < -0.4 is 0 Å². The van der Waals surface area contributed by atoms with Crippen LogP contribution in [0.3, 0.4) is 0 Å². The summed E-state index contributed by atoms with van der Waals surface area (Å²) in [5.74, 6) is 0. The standard InChI is InChI=1S/Co.Mn.Ni.H2O/h;;;1H2/q+1;;;/p-1. The minimum atomic E-state index is 0. The van der Waals surface area contributed by atoms with Gasteiger partial charge in [-0.25, -0.2) is 0 Å². The van der Waals surface area contributed by atoms with Crippen molar-refractivity contribution in [3.8, 4) is 0 Å². The molecule has 0 amide bonds. The summed E-state index contributed by atoms with van der Waals surface area (Å²) in [5, 5.41) is 0. The van der Waals surface area contributed by atoms with Gasteiger partial charge in [0.25, 0.3) is 0 Å². The van der Waals surface area contributed by atoms with Gasteiger partial charge < -0.3 is 0 Å². The molecule has 0 atom stereocenters. The van der Waals surface area contributed by atoms with Gasteiger partial charge in [0.2, 0.25) is 0 Å². The van der Waals surface area contributed by atoms with Crippen LogP contribution in [0.5, 0.6) is 0 Å². The van der Waals surface area contributed by atoms with Crippen LogP contribution in [0.2, 0.25) is 0 Å². The second kappa shape index (κ2) is 8.82. The van der Waals surface area contributed by atoms with Crippen LogP contribution in [0.1, 0.15) is 0 Å². The number of rotatable bonds is 0. The summed E-state index contributed by atoms with van der Waals surface area (Å²) < 4.78 is 7.45. The van der Waals surface area contributed by atoms with Crippen molar-refractivity contribution in [3.05, 3.63) is 0 Å². The third-order valence-electron chi connectivity index (χ3n) is 0. The van der Waals surface area contributed by atoms with Crippen molar-refractivity contribution in [3.63, 3.8) is 0 Å². The fraction of sp³-hybridized carbons (Fsp3) is 0. The Morgan fingerprint density at radius 2 is 1.75 bits per heavy atom. The molecule has 0 aliphatic carbocycles. The van der Waals surface area contributed by atoms with Crippen molar-refractivity contribution in [1.82, 2.24) is 0 Å². The molecule has 4 heteroatoms. The molecule has 0 aliphatic rings. The van der Waals surface area contributed by atoms with Crippen molar-refractivity contribution in [2.75, 3.05) is 0 Å². The van der Waals surface area contributed by atoms with E-state index in [-0.39, 0.29) is 29.7 Å². The molecule has 1 N–H and O–H groups in total. The summed E-state index contributed by atoms with van der Waals surface area (Å²) >= 11 is 2.92. The fourth-order valence-corrected chi connectivity index (χ4v) is 0. The first-order valence-corrected chi connectivity index (χ1v) is 2.76. The third kappa shape index (κ3) is 9.77. The summed E-state index contributed by atoms with van der Waals surface area (Å²) in [4.78, 5) is 0. The molecule has 1 nitrogen and oxygen atoms in total. The molecule has 0 aromatic rings. The molecule has 0 rings (SSSR count). The summed E-state index contributed by atoms with van der Waals surface area (Å²) in [6.07, 6.45) is 0. The molecule has 33 valence electrons. The van der Waals surface area contributed by atoms with Gasteiger partial charge in [-0.1, -0.05) is 0 Å². The van der Waals surface area contributed by atoms with Gasteiger partial charge in [-0.15, -0.1) is 0 Å². The van der Waals surface area contributed by atoms with E-state index in [0.717, 1.165) is 0 Å². The first-order valence-electron chi connectivity index (χ1n) is 0.275. The van der Waals surface area contributed by atoms with Gasteiger partial charge in [0, 0.05) is 16.5 Å². The zero-order valence-corrected chi connectivity index (χ0v) is 4.68. The van der Waals surface area contributed by atoms with Crippen LogP contribution in [-0.4, -0.2) is 4.22 Å². The second-order valence-corrected chi connectivity index (χ2v) is 0.958. The molecule has 0 fully saturated rings. The fourth-order valence-electron chi connectivity index (χ4n) is 0. The Morgan fingerprint density at radius 1 is 1.75 bits per heavy atom. The molecule has 0 aliphatic heterocycles. The van der Waals surface area contributed by atoms with E-state index in [1.807, 2.05) is 0 Å². The molecular formula is HCoMnNiO. The molecule has 0 aromatic heterocycles. The molecule has 0 unspecified atom stereocenters. The van der Waals surface area contributed by atoms with E-state index in [0.29, 0.717) is 0 Å². The molecule has 0 radical (unpaired) electrons. The van der Waals surface area contributed by atoms with Crippen LogP contribution in [0, 0.1) is 0 Å². The predicted molar refractivity (Wildman–Crippen MR) is 2.22 cm³/mol. The molecule has 0 spiro atoms. The van der Waals surface area contributed by atoms with Crippen LogP contribution in [0.15, 0.2) is 0 Å². The Balaban J connectivity index is 0. The molecule has 0 bridgehead atoms. The number of hydrogen-bond donors (Lipinski definition) is 1. The van der Waals surface area contributed by atoms with Crippen molar-refractivity contribution < 1.29 is 48.2 Å². The van der Waals surface area contributed by atoms with Gasteiger partial charge >= 0.3 is 31.7 Å². The molecular weight excluding hydrogens is 189 g/mol. The van der Waals surface area contributed by atoms with Crippen molar-refractivity contribution in [2.24, 2.45) is 0 Å². The summed E-state index contributed by atoms with van der Waals surface area (Å²) in [6.45, 7) is 0. The molecule has 0 saturated heterocycles. The van der Waals surface area contributed by atoms with Gasteiger partial charge in [-0.2, -0.15) is 0 Å². The zero-order chi connectivity index (χ0) is 2.71. The van der Waals surface area contributed by atoms with E-state index in [9.17, 15) is 0 Å². The van der Waals surface area contributed by atoms with Crippen LogP contribution in [-0.2, 0) is 44.0 Å². The van der Waals surface area contributed by atoms with Crippen molar-refractivity contribution in [2.45, 2.75) is 0 Å². The Hall–Kier alpha value is 1.48. The summed E-state index contributed by atoms with van der Waals surface area (Å²) in [7, 11) is 0. The normalized spacial score (nSPS) is 5.50. The van der Waals surface area contributed by atoms with Gasteiger partial charge in [-0.3, -0.25) is 0 Å². The summed E-state index contributed by atoms with van der Waals surface area (Å²) in [6, 6.07) is 0. The second-order valence-electron chi connectivity index (χ2n) is 0.0563. The Morgan fingerprint density at radius 3 is 1.75 bits per heavy atom. The zero-order valence-electron chi connectivity index (χ0n) is 1.47. The average Bonchev–Trinajstić information content (AvgIpc) is 0.918. The SMILES string of the molecule is [Ni].[OH][Co][Mn]. The van der Waals surface area contributed by atoms with Crippen LogP contribution >= 0.6 is 0 Å². The van der Waals surface area contributed by atoms with Crippen LogP contribution in [0.25, 0.3) is 0 Å². The molecule has 0 heterocycles. The van der Waals surface area contributed by atoms with E-state index in [4.69, 9.17) is 4.22 Å². The van der Waals surface area contributed by atoms with Gasteiger partial charge in [0.05, 0.1) is 0 Å². The van der Waals surface area contributed by atoms with Gasteiger partial charge in [0.1, 0.15) is 0 Å². The minimum absolute atomic E-state index is 0. The van der Waals surface area contributed by atoms with E-state index < -0.39 is 0 Å². The maximum atomic E-state index is 7.45. The number of hydrogen-bond acceptors (Lipinski definition) is 1. The van der Waals surface area contributed by atoms with E-state index >= 15 is 0 Å². The molecule has 0 saturated carbocycles. The van der Waals surface area contributed by atoms with E-state index in [2.05, 4.69) is 14.2 Å². The third-order valence-corrected chi connectivity index (χ3v) is 0. The molecule has 4 heavy (non-hydrogen) atoms. The van der Waals surface area contributed by atoms with E-state index in [1.54, 1.807) is 0 Å². The monoisotopic (exact) mass is 189 g/mol. The van der Waals surface area contributed by atoms with Gasteiger partial charge in [0.15, 0.2) is 0 Å².